The highest BCUT2D eigenvalue weighted by Crippen LogP contribution is 2.24. The summed E-state index contributed by atoms with van der Waals surface area (Å²) in [5.41, 5.74) is 1.31. The van der Waals surface area contributed by atoms with Crippen LogP contribution >= 0.6 is 27.5 Å². The van der Waals surface area contributed by atoms with E-state index in [0.717, 1.165) is 23.7 Å². The maximum atomic E-state index is 13.5. The van der Waals surface area contributed by atoms with Crippen molar-refractivity contribution in [2.24, 2.45) is 0 Å². The Labute approximate surface area is 216 Å². The molecule has 0 saturated heterocycles. The van der Waals surface area contributed by atoms with Gasteiger partial charge >= 0.3 is 0 Å². The summed E-state index contributed by atoms with van der Waals surface area (Å²) < 4.78 is 0.834. The molecule has 182 valence electrons. The number of nitro benzene ring substituents is 1. The summed E-state index contributed by atoms with van der Waals surface area (Å²) in [4.78, 5) is 44.5. The second-order valence-electron chi connectivity index (χ2n) is 7.76. The molecule has 0 N–H and O–H groups in total. The first-order chi connectivity index (χ1) is 16.8. The summed E-state index contributed by atoms with van der Waals surface area (Å²) in [6.45, 7) is 2.26. The third-order valence-corrected chi connectivity index (χ3v) is 6.06. The van der Waals surface area contributed by atoms with Gasteiger partial charge in [-0.2, -0.15) is 0 Å². The lowest BCUT2D eigenvalue weighted by Gasteiger charge is -2.28. The third kappa shape index (κ3) is 7.10. The summed E-state index contributed by atoms with van der Waals surface area (Å²) in [6.07, 6.45) is 4.01. The first kappa shape index (κ1) is 26.3. The van der Waals surface area contributed by atoms with Crippen molar-refractivity contribution >= 4 is 56.4 Å². The van der Waals surface area contributed by atoms with Crippen LogP contribution in [0.3, 0.4) is 0 Å². The zero-order chi connectivity index (χ0) is 25.4. The van der Waals surface area contributed by atoms with Crippen molar-refractivity contribution in [2.75, 3.05) is 22.9 Å². The van der Waals surface area contributed by atoms with E-state index in [1.165, 1.54) is 29.3 Å². The molecular formula is C25H24BrClN4O4. The van der Waals surface area contributed by atoms with Crippen molar-refractivity contribution in [1.82, 2.24) is 4.98 Å². The molecule has 0 aliphatic rings. The number of carbonyl (C=O) groups excluding carboxylic acids is 2. The quantitative estimate of drug-likeness (QED) is 0.126. The second-order valence-corrected chi connectivity index (χ2v) is 9.07. The van der Waals surface area contributed by atoms with Crippen molar-refractivity contribution in [3.05, 3.63) is 92.2 Å². The molecule has 0 unspecified atom stereocenters. The van der Waals surface area contributed by atoms with E-state index in [1.807, 2.05) is 0 Å². The summed E-state index contributed by atoms with van der Waals surface area (Å²) >= 11 is 9.26. The van der Waals surface area contributed by atoms with E-state index < -0.39 is 10.8 Å². The number of nitrogens with zero attached hydrogens (tertiary/aromatic N) is 4. The van der Waals surface area contributed by atoms with E-state index in [0.29, 0.717) is 17.9 Å². The zero-order valence-corrected chi connectivity index (χ0v) is 21.4. The van der Waals surface area contributed by atoms with E-state index in [9.17, 15) is 19.7 Å². The minimum Gasteiger partial charge on any atom is -0.311 e. The Kier molecular flexibility index (Phi) is 9.33. The molecule has 2 aromatic carbocycles. The van der Waals surface area contributed by atoms with E-state index in [1.54, 1.807) is 47.4 Å². The lowest BCUT2D eigenvalue weighted by molar-refractivity contribution is -0.384. The van der Waals surface area contributed by atoms with Crippen LogP contribution in [0.5, 0.6) is 0 Å². The van der Waals surface area contributed by atoms with Crippen LogP contribution in [0.4, 0.5) is 17.1 Å². The predicted molar refractivity (Wildman–Crippen MR) is 140 cm³/mol. The number of nitro groups is 1. The summed E-state index contributed by atoms with van der Waals surface area (Å²) in [6, 6.07) is 16.0. The highest BCUT2D eigenvalue weighted by Gasteiger charge is 2.25. The second kappa shape index (κ2) is 12.4. The molecule has 0 aliphatic carbocycles. The van der Waals surface area contributed by atoms with Gasteiger partial charge in [-0.15, -0.1) is 0 Å². The molecule has 1 heterocycles. The Balaban J connectivity index is 1.93. The molecule has 0 fully saturated rings. The molecule has 0 saturated carbocycles. The van der Waals surface area contributed by atoms with Gasteiger partial charge in [0.05, 0.1) is 10.5 Å². The molecule has 35 heavy (non-hydrogen) atoms. The number of carbonyl (C=O) groups is 2. The highest BCUT2D eigenvalue weighted by molar-refractivity contribution is 9.10. The van der Waals surface area contributed by atoms with Crippen LogP contribution in [-0.2, 0) is 4.79 Å². The van der Waals surface area contributed by atoms with Crippen molar-refractivity contribution in [3.8, 4) is 0 Å². The van der Waals surface area contributed by atoms with Crippen LogP contribution in [0.2, 0.25) is 5.15 Å². The molecule has 10 heteroatoms. The number of rotatable bonds is 10. The first-order valence-corrected chi connectivity index (χ1v) is 12.2. The Morgan fingerprint density at radius 3 is 2.17 bits per heavy atom. The molecule has 0 spiro atoms. The molecule has 0 bridgehead atoms. The minimum atomic E-state index is -0.485. The SMILES string of the molecule is CCCCCN(C(=O)CN(C(=O)c1ccc(Cl)nc1)c1ccc(Br)cc1)c1ccc([N+](=O)[O-])cc1. The number of anilines is 2. The normalized spacial score (nSPS) is 10.6. The fourth-order valence-electron chi connectivity index (χ4n) is 3.45. The number of pyridine rings is 1. The van der Waals surface area contributed by atoms with E-state index in [-0.39, 0.29) is 28.9 Å². The number of hydrogen-bond donors (Lipinski definition) is 0. The number of hydrogen-bond acceptors (Lipinski definition) is 5. The summed E-state index contributed by atoms with van der Waals surface area (Å²) in [5, 5.41) is 11.3. The highest BCUT2D eigenvalue weighted by atomic mass is 79.9. The fourth-order valence-corrected chi connectivity index (χ4v) is 3.83. The van der Waals surface area contributed by atoms with Gasteiger partial charge in [-0.1, -0.05) is 47.3 Å². The summed E-state index contributed by atoms with van der Waals surface area (Å²) in [5.74, 6) is -0.713. The molecule has 0 aliphatic heterocycles. The maximum absolute atomic E-state index is 13.5. The van der Waals surface area contributed by atoms with Gasteiger partial charge in [0.2, 0.25) is 5.91 Å². The zero-order valence-electron chi connectivity index (χ0n) is 19.1. The van der Waals surface area contributed by atoms with Gasteiger partial charge in [0.15, 0.2) is 0 Å². The lowest BCUT2D eigenvalue weighted by Crippen LogP contribution is -2.43. The topological polar surface area (TPSA) is 96.7 Å². The molecule has 0 radical (unpaired) electrons. The number of benzene rings is 2. The largest absolute Gasteiger partial charge is 0.311 e. The molecule has 1 aromatic heterocycles. The van der Waals surface area contributed by atoms with Crippen LogP contribution < -0.4 is 9.80 Å². The van der Waals surface area contributed by atoms with E-state index in [4.69, 9.17) is 11.6 Å². The van der Waals surface area contributed by atoms with Gasteiger partial charge in [-0.25, -0.2) is 4.98 Å². The number of amides is 2. The molecule has 8 nitrogen and oxygen atoms in total. The van der Waals surface area contributed by atoms with Crippen LogP contribution in [0, 0.1) is 10.1 Å². The first-order valence-electron chi connectivity index (χ1n) is 11.0. The standard InChI is InChI=1S/C25H24BrClN4O4/c1-2-3-4-15-29(20-10-12-22(13-11-20)31(34)35)24(32)17-30(21-8-6-19(26)7-9-21)25(33)18-5-14-23(27)28-16-18/h5-14,16H,2-4,15,17H2,1H3. The Hall–Kier alpha value is -3.30. The van der Waals surface area contributed by atoms with E-state index in [2.05, 4.69) is 27.8 Å². The molecule has 0 atom stereocenters. The maximum Gasteiger partial charge on any atom is 0.269 e. The van der Waals surface area contributed by atoms with Crippen molar-refractivity contribution < 1.29 is 14.5 Å². The van der Waals surface area contributed by atoms with Crippen molar-refractivity contribution in [3.63, 3.8) is 0 Å². The van der Waals surface area contributed by atoms with Gasteiger partial charge in [-0.3, -0.25) is 24.6 Å². The Morgan fingerprint density at radius 2 is 1.60 bits per heavy atom. The number of non-ortho nitro benzene ring substituents is 1. The van der Waals surface area contributed by atoms with Gasteiger partial charge in [0.25, 0.3) is 11.6 Å². The molecule has 3 rings (SSSR count). The monoisotopic (exact) mass is 558 g/mol. The molecule has 3 aromatic rings. The number of aromatic nitrogens is 1. The average molecular weight is 560 g/mol. The number of unbranched alkanes of at least 4 members (excludes halogenated alkanes) is 2. The van der Waals surface area contributed by atoms with Gasteiger partial charge < -0.3 is 4.90 Å². The third-order valence-electron chi connectivity index (χ3n) is 5.31. The van der Waals surface area contributed by atoms with Crippen molar-refractivity contribution in [1.29, 1.82) is 0 Å². The van der Waals surface area contributed by atoms with Crippen LogP contribution in [0.15, 0.2) is 71.3 Å². The Bertz CT molecular complexity index is 1170. The van der Waals surface area contributed by atoms with Gasteiger partial charge in [-0.05, 0) is 55.0 Å². The smallest absolute Gasteiger partial charge is 0.269 e. The fraction of sp³-hybridized carbons (Fsp3) is 0.240. The number of halogens is 2. The lowest BCUT2D eigenvalue weighted by atomic mass is 10.2. The predicted octanol–water partition coefficient (Wildman–Crippen LogP) is 6.28. The summed E-state index contributed by atoms with van der Waals surface area (Å²) in [7, 11) is 0. The molecule has 2 amide bonds. The average Bonchev–Trinajstić information content (AvgIpc) is 2.86. The Morgan fingerprint density at radius 1 is 0.971 bits per heavy atom. The molecular weight excluding hydrogens is 536 g/mol. The van der Waals surface area contributed by atoms with Crippen LogP contribution in [0.1, 0.15) is 36.5 Å². The van der Waals surface area contributed by atoms with E-state index >= 15 is 0 Å². The van der Waals surface area contributed by atoms with Crippen molar-refractivity contribution in [2.45, 2.75) is 26.2 Å². The minimum absolute atomic E-state index is 0.0587. The van der Waals surface area contributed by atoms with Gasteiger partial charge in [0, 0.05) is 40.7 Å². The van der Waals surface area contributed by atoms with Crippen LogP contribution in [-0.4, -0.2) is 34.8 Å². The van der Waals surface area contributed by atoms with Crippen LogP contribution in [0.25, 0.3) is 0 Å². The van der Waals surface area contributed by atoms with Gasteiger partial charge in [0.1, 0.15) is 11.7 Å².